The fourth-order valence-corrected chi connectivity index (χ4v) is 2.23. The summed E-state index contributed by atoms with van der Waals surface area (Å²) < 4.78 is 20.7. The quantitative estimate of drug-likeness (QED) is 0.718. The van der Waals surface area contributed by atoms with Crippen molar-refractivity contribution >= 4 is 11.9 Å². The lowest BCUT2D eigenvalue weighted by atomic mass is 10.1. The minimum atomic E-state index is -0.565. The number of methoxy groups -OCH3 is 2. The number of carbonyl (C=O) groups excluding carboxylic acids is 2. The standard InChI is InChI=1S/C19H20O6/c1-4-24-17-8-6-5-7-13(17)12-25-16-10-14(18(20)22-2)9-15(11-16)19(21)23-3/h5-11H,4,12H2,1-3H3. The Morgan fingerprint density at radius 2 is 1.48 bits per heavy atom. The summed E-state index contributed by atoms with van der Waals surface area (Å²) >= 11 is 0. The van der Waals surface area contributed by atoms with Gasteiger partial charge in [0.05, 0.1) is 32.0 Å². The van der Waals surface area contributed by atoms with Gasteiger partial charge in [0.25, 0.3) is 0 Å². The van der Waals surface area contributed by atoms with Gasteiger partial charge in [-0.05, 0) is 31.2 Å². The zero-order chi connectivity index (χ0) is 18.2. The van der Waals surface area contributed by atoms with Crippen molar-refractivity contribution in [1.29, 1.82) is 0 Å². The van der Waals surface area contributed by atoms with E-state index in [0.29, 0.717) is 12.4 Å². The largest absolute Gasteiger partial charge is 0.493 e. The fourth-order valence-electron chi connectivity index (χ4n) is 2.23. The highest BCUT2D eigenvalue weighted by atomic mass is 16.5. The van der Waals surface area contributed by atoms with Crippen LogP contribution in [0.1, 0.15) is 33.2 Å². The Labute approximate surface area is 146 Å². The van der Waals surface area contributed by atoms with Crippen molar-refractivity contribution in [3.8, 4) is 11.5 Å². The van der Waals surface area contributed by atoms with Crippen molar-refractivity contribution in [3.05, 3.63) is 59.2 Å². The first-order valence-corrected chi connectivity index (χ1v) is 7.74. The van der Waals surface area contributed by atoms with Crippen LogP contribution in [0, 0.1) is 0 Å². The second-order valence-electron chi connectivity index (χ2n) is 5.06. The van der Waals surface area contributed by atoms with Crippen LogP contribution in [-0.2, 0) is 16.1 Å². The average Bonchev–Trinajstić information content (AvgIpc) is 2.66. The van der Waals surface area contributed by atoms with E-state index < -0.39 is 11.9 Å². The molecule has 2 aromatic rings. The Balaban J connectivity index is 2.26. The molecule has 0 amide bonds. The minimum absolute atomic E-state index is 0.207. The Bertz CT molecular complexity index is 719. The van der Waals surface area contributed by atoms with Crippen LogP contribution < -0.4 is 9.47 Å². The van der Waals surface area contributed by atoms with Gasteiger partial charge in [0.15, 0.2) is 0 Å². The van der Waals surface area contributed by atoms with Crippen LogP contribution in [0.15, 0.2) is 42.5 Å². The molecule has 6 heteroatoms. The van der Waals surface area contributed by atoms with Crippen LogP contribution in [-0.4, -0.2) is 32.8 Å². The maximum Gasteiger partial charge on any atom is 0.338 e. The van der Waals surface area contributed by atoms with E-state index in [1.165, 1.54) is 32.4 Å². The Morgan fingerprint density at radius 3 is 2.04 bits per heavy atom. The van der Waals surface area contributed by atoms with Crippen LogP contribution in [0.3, 0.4) is 0 Å². The molecule has 0 radical (unpaired) electrons. The average molecular weight is 344 g/mol. The lowest BCUT2D eigenvalue weighted by Crippen LogP contribution is -2.08. The zero-order valence-electron chi connectivity index (χ0n) is 14.4. The summed E-state index contributed by atoms with van der Waals surface area (Å²) in [6.45, 7) is 2.67. The first-order valence-electron chi connectivity index (χ1n) is 7.74. The van der Waals surface area contributed by atoms with Crippen LogP contribution in [0.25, 0.3) is 0 Å². The summed E-state index contributed by atoms with van der Waals surface area (Å²) in [5.41, 5.74) is 1.27. The molecule has 0 saturated heterocycles. The summed E-state index contributed by atoms with van der Waals surface area (Å²) in [4.78, 5) is 23.6. The maximum absolute atomic E-state index is 11.8. The molecule has 0 saturated carbocycles. The lowest BCUT2D eigenvalue weighted by molar-refractivity contribution is 0.0598. The molecule has 2 rings (SSSR count). The van der Waals surface area contributed by atoms with Crippen molar-refractivity contribution in [2.45, 2.75) is 13.5 Å². The van der Waals surface area contributed by atoms with Crippen LogP contribution in [0.2, 0.25) is 0 Å². The van der Waals surface area contributed by atoms with E-state index >= 15 is 0 Å². The minimum Gasteiger partial charge on any atom is -0.493 e. The summed E-state index contributed by atoms with van der Waals surface area (Å²) in [5.74, 6) is -0.0486. The molecular formula is C19H20O6. The van der Waals surface area contributed by atoms with E-state index in [1.807, 2.05) is 31.2 Å². The topological polar surface area (TPSA) is 71.1 Å². The second kappa shape index (κ2) is 8.73. The molecule has 0 aliphatic heterocycles. The third-order valence-corrected chi connectivity index (χ3v) is 3.42. The molecule has 25 heavy (non-hydrogen) atoms. The van der Waals surface area contributed by atoms with Gasteiger partial charge in [-0.1, -0.05) is 18.2 Å². The molecule has 0 aromatic heterocycles. The van der Waals surface area contributed by atoms with Gasteiger partial charge in [-0.25, -0.2) is 9.59 Å². The summed E-state index contributed by atoms with van der Waals surface area (Å²) in [7, 11) is 2.54. The summed E-state index contributed by atoms with van der Waals surface area (Å²) in [6.07, 6.45) is 0. The van der Waals surface area contributed by atoms with Crippen molar-refractivity contribution in [1.82, 2.24) is 0 Å². The number of ether oxygens (including phenoxy) is 4. The smallest absolute Gasteiger partial charge is 0.338 e. The maximum atomic E-state index is 11.8. The van der Waals surface area contributed by atoms with E-state index in [4.69, 9.17) is 18.9 Å². The van der Waals surface area contributed by atoms with Crippen molar-refractivity contribution in [3.63, 3.8) is 0 Å². The highest BCUT2D eigenvalue weighted by Gasteiger charge is 2.15. The molecule has 0 heterocycles. The van der Waals surface area contributed by atoms with Crippen LogP contribution in [0.5, 0.6) is 11.5 Å². The first kappa shape index (κ1) is 18.3. The van der Waals surface area contributed by atoms with Gasteiger partial charge in [-0.3, -0.25) is 0 Å². The summed E-state index contributed by atoms with van der Waals surface area (Å²) in [6, 6.07) is 11.9. The molecule has 0 atom stereocenters. The highest BCUT2D eigenvalue weighted by molar-refractivity contribution is 5.96. The Kier molecular flexibility index (Phi) is 6.39. The number of hydrogen-bond donors (Lipinski definition) is 0. The molecule has 0 N–H and O–H groups in total. The predicted octanol–water partition coefficient (Wildman–Crippen LogP) is 3.24. The van der Waals surface area contributed by atoms with Gasteiger partial charge in [-0.15, -0.1) is 0 Å². The van der Waals surface area contributed by atoms with Crippen LogP contribution >= 0.6 is 0 Å². The van der Waals surface area contributed by atoms with E-state index in [0.717, 1.165) is 11.3 Å². The molecule has 132 valence electrons. The normalized spacial score (nSPS) is 10.0. The molecular weight excluding hydrogens is 324 g/mol. The van der Waals surface area contributed by atoms with Gasteiger partial charge in [-0.2, -0.15) is 0 Å². The van der Waals surface area contributed by atoms with E-state index in [9.17, 15) is 9.59 Å². The third-order valence-electron chi connectivity index (χ3n) is 3.42. The number of benzene rings is 2. The molecule has 6 nitrogen and oxygen atoms in total. The van der Waals surface area contributed by atoms with E-state index in [-0.39, 0.29) is 17.7 Å². The van der Waals surface area contributed by atoms with Crippen molar-refractivity contribution in [2.24, 2.45) is 0 Å². The number of para-hydroxylation sites is 1. The number of rotatable bonds is 7. The molecule has 0 fully saturated rings. The van der Waals surface area contributed by atoms with Gasteiger partial charge in [0.1, 0.15) is 18.1 Å². The van der Waals surface area contributed by atoms with Gasteiger partial charge in [0, 0.05) is 5.56 Å². The second-order valence-corrected chi connectivity index (χ2v) is 5.06. The van der Waals surface area contributed by atoms with Gasteiger partial charge < -0.3 is 18.9 Å². The van der Waals surface area contributed by atoms with E-state index in [2.05, 4.69) is 0 Å². The Morgan fingerprint density at radius 1 is 0.880 bits per heavy atom. The SMILES string of the molecule is CCOc1ccccc1COc1cc(C(=O)OC)cc(C(=O)OC)c1. The van der Waals surface area contributed by atoms with Crippen molar-refractivity contribution < 1.29 is 28.5 Å². The van der Waals surface area contributed by atoms with Crippen molar-refractivity contribution in [2.75, 3.05) is 20.8 Å². The molecule has 0 bridgehead atoms. The monoisotopic (exact) mass is 344 g/mol. The summed E-state index contributed by atoms with van der Waals surface area (Å²) in [5, 5.41) is 0. The van der Waals surface area contributed by atoms with Gasteiger partial charge >= 0.3 is 11.9 Å². The molecule has 0 unspecified atom stereocenters. The molecule has 2 aromatic carbocycles. The molecule has 0 aliphatic carbocycles. The van der Waals surface area contributed by atoms with Gasteiger partial charge in [0.2, 0.25) is 0 Å². The fraction of sp³-hybridized carbons (Fsp3) is 0.263. The highest BCUT2D eigenvalue weighted by Crippen LogP contribution is 2.23. The number of carbonyl (C=O) groups is 2. The molecule has 0 spiro atoms. The van der Waals surface area contributed by atoms with Crippen LogP contribution in [0.4, 0.5) is 0 Å². The van der Waals surface area contributed by atoms with E-state index in [1.54, 1.807) is 0 Å². The Hall–Kier alpha value is -3.02. The number of esters is 2. The third kappa shape index (κ3) is 4.73. The lowest BCUT2D eigenvalue weighted by Gasteiger charge is -2.13. The predicted molar refractivity (Wildman–Crippen MR) is 91.1 cm³/mol. The zero-order valence-corrected chi connectivity index (χ0v) is 14.4. The number of hydrogen-bond acceptors (Lipinski definition) is 6. The molecule has 0 aliphatic rings. The first-order chi connectivity index (χ1) is 12.1.